The fourth-order valence-corrected chi connectivity index (χ4v) is 4.14. The lowest BCUT2D eigenvalue weighted by molar-refractivity contribution is -0.112. The van der Waals surface area contributed by atoms with Crippen LogP contribution in [0.15, 0.2) is 78.5 Å². The van der Waals surface area contributed by atoms with Gasteiger partial charge in [-0.25, -0.2) is 4.98 Å². The molecule has 0 atom stereocenters. The Hall–Kier alpha value is -3.95. The highest BCUT2D eigenvalue weighted by Gasteiger charge is 2.11. The lowest BCUT2D eigenvalue weighted by Crippen LogP contribution is -2.15. The first-order valence-corrected chi connectivity index (χ1v) is 10.6. The van der Waals surface area contributed by atoms with Crippen LogP contribution in [0.5, 0.6) is 0 Å². The molecule has 152 valence electrons. The number of carbonyl (C=O) groups is 1. The smallest absolute Gasteiger partial charge is 0.267 e. The molecule has 0 spiro atoms. The fourth-order valence-electron chi connectivity index (χ4n) is 3.07. The molecule has 1 heterocycles. The van der Waals surface area contributed by atoms with E-state index in [2.05, 4.69) is 29.7 Å². The molecule has 0 aliphatic rings. The number of fused-ring (bicyclic) bond motifs is 1. The number of anilines is 2. The van der Waals surface area contributed by atoms with Crippen LogP contribution in [0.1, 0.15) is 11.1 Å². The largest absolute Gasteiger partial charge is 0.360 e. The first kappa shape index (κ1) is 20.3. The summed E-state index contributed by atoms with van der Waals surface area (Å²) < 4.78 is 1.17. The molecular weight excluding hydrogens is 404 g/mol. The number of carbonyl (C=O) groups excluding carboxylic acids is 1. The van der Waals surface area contributed by atoms with Crippen LogP contribution in [0.4, 0.5) is 11.4 Å². The third-order valence-electron chi connectivity index (χ3n) is 4.82. The monoisotopic (exact) mass is 424 g/mol. The van der Waals surface area contributed by atoms with E-state index in [1.165, 1.54) is 16.5 Å². The lowest BCUT2D eigenvalue weighted by atomic mass is 10.2. The first-order valence-electron chi connectivity index (χ1n) is 9.75. The summed E-state index contributed by atoms with van der Waals surface area (Å²) in [6.45, 7) is 3.97. The molecule has 3 aromatic carbocycles. The SMILES string of the molecule is Cc1ccc2nc(-c3ccc(N/C=C(/C#N)C(=O)Nc4ccccc4C)cc3)sc2c1. The van der Waals surface area contributed by atoms with Crippen molar-refractivity contribution in [3.05, 3.63) is 89.6 Å². The van der Waals surface area contributed by atoms with Gasteiger partial charge in [-0.2, -0.15) is 5.26 Å². The third kappa shape index (κ3) is 4.63. The predicted octanol–water partition coefficient (Wildman–Crippen LogP) is 6.04. The van der Waals surface area contributed by atoms with E-state index in [0.717, 1.165) is 27.3 Å². The molecule has 5 nitrogen and oxygen atoms in total. The van der Waals surface area contributed by atoms with Gasteiger partial charge in [0.25, 0.3) is 5.91 Å². The first-order chi connectivity index (χ1) is 15.0. The van der Waals surface area contributed by atoms with Gasteiger partial charge in [-0.1, -0.05) is 24.3 Å². The van der Waals surface area contributed by atoms with Crippen molar-refractivity contribution in [1.82, 2.24) is 4.98 Å². The van der Waals surface area contributed by atoms with E-state index >= 15 is 0 Å². The number of benzene rings is 3. The van der Waals surface area contributed by atoms with Crippen molar-refractivity contribution >= 4 is 38.8 Å². The zero-order valence-electron chi connectivity index (χ0n) is 17.1. The number of nitriles is 1. The number of aromatic nitrogens is 1. The van der Waals surface area contributed by atoms with Crippen molar-refractivity contribution in [1.29, 1.82) is 5.26 Å². The van der Waals surface area contributed by atoms with Crippen molar-refractivity contribution in [2.75, 3.05) is 10.6 Å². The summed E-state index contributed by atoms with van der Waals surface area (Å²) in [4.78, 5) is 17.1. The molecule has 4 rings (SSSR count). The van der Waals surface area contributed by atoms with Crippen LogP contribution in [0, 0.1) is 25.2 Å². The minimum absolute atomic E-state index is 0.00567. The minimum atomic E-state index is -0.453. The standard InChI is InChI=1S/C25H20N4OS/c1-16-7-12-22-23(13-16)31-25(29-22)18-8-10-20(11-9-18)27-15-19(14-26)24(30)28-21-6-4-3-5-17(21)2/h3-13,15,27H,1-2H3,(H,28,30)/b19-15-. The van der Waals surface area contributed by atoms with Crippen LogP contribution < -0.4 is 10.6 Å². The maximum Gasteiger partial charge on any atom is 0.267 e. The second-order valence-corrected chi connectivity index (χ2v) is 8.18. The van der Waals surface area contributed by atoms with Crippen molar-refractivity contribution < 1.29 is 4.79 Å². The Morgan fingerprint density at radius 1 is 1.06 bits per heavy atom. The molecule has 0 saturated heterocycles. The van der Waals surface area contributed by atoms with E-state index in [4.69, 9.17) is 4.98 Å². The van der Waals surface area contributed by atoms with Crippen LogP contribution in [0.25, 0.3) is 20.8 Å². The highest BCUT2D eigenvalue weighted by atomic mass is 32.1. The average molecular weight is 425 g/mol. The van der Waals surface area contributed by atoms with E-state index in [1.54, 1.807) is 17.4 Å². The number of nitrogens with one attached hydrogen (secondary N) is 2. The zero-order valence-corrected chi connectivity index (χ0v) is 18.0. The van der Waals surface area contributed by atoms with Crippen molar-refractivity contribution in [2.24, 2.45) is 0 Å². The van der Waals surface area contributed by atoms with Crippen molar-refractivity contribution in [3.63, 3.8) is 0 Å². The Morgan fingerprint density at radius 3 is 2.58 bits per heavy atom. The Kier molecular flexibility index (Phi) is 5.78. The maximum atomic E-state index is 12.4. The molecule has 0 aliphatic carbocycles. The van der Waals surface area contributed by atoms with Crippen molar-refractivity contribution in [3.8, 4) is 16.6 Å². The summed E-state index contributed by atoms with van der Waals surface area (Å²) >= 11 is 1.66. The number of thiazole rings is 1. The van der Waals surface area contributed by atoms with Crippen LogP contribution in [-0.4, -0.2) is 10.9 Å². The molecule has 0 radical (unpaired) electrons. The number of nitrogens with zero attached hydrogens (tertiary/aromatic N) is 2. The van der Waals surface area contributed by atoms with Gasteiger partial charge in [0.2, 0.25) is 0 Å². The molecule has 1 amide bonds. The molecule has 0 fully saturated rings. The second kappa shape index (κ2) is 8.82. The van der Waals surface area contributed by atoms with E-state index in [9.17, 15) is 10.1 Å². The molecule has 1 aromatic heterocycles. The molecule has 6 heteroatoms. The van der Waals surface area contributed by atoms with Crippen molar-refractivity contribution in [2.45, 2.75) is 13.8 Å². The fraction of sp³-hybridized carbons (Fsp3) is 0.0800. The molecular formula is C25H20N4OS. The molecule has 31 heavy (non-hydrogen) atoms. The molecule has 0 aliphatic heterocycles. The second-order valence-electron chi connectivity index (χ2n) is 7.15. The predicted molar refractivity (Wildman–Crippen MR) is 127 cm³/mol. The van der Waals surface area contributed by atoms with Crippen LogP contribution in [-0.2, 0) is 4.79 Å². The van der Waals surface area contributed by atoms with Gasteiger partial charge in [0.15, 0.2) is 0 Å². The number of hydrogen-bond acceptors (Lipinski definition) is 5. The van der Waals surface area contributed by atoms with Gasteiger partial charge in [0.05, 0.1) is 10.2 Å². The van der Waals surface area contributed by atoms with Gasteiger partial charge in [-0.05, 0) is 67.4 Å². The van der Waals surface area contributed by atoms with Gasteiger partial charge in [-0.15, -0.1) is 11.3 Å². The number of amides is 1. The van der Waals surface area contributed by atoms with Gasteiger partial charge in [-0.3, -0.25) is 4.79 Å². The highest BCUT2D eigenvalue weighted by Crippen LogP contribution is 2.31. The normalized spacial score (nSPS) is 11.2. The Bertz CT molecular complexity index is 1330. The Balaban J connectivity index is 1.47. The number of para-hydroxylation sites is 1. The summed E-state index contributed by atoms with van der Waals surface area (Å²) in [5.74, 6) is -0.453. The molecule has 0 unspecified atom stereocenters. The molecule has 0 bridgehead atoms. The zero-order chi connectivity index (χ0) is 21.8. The minimum Gasteiger partial charge on any atom is -0.360 e. The molecule has 0 saturated carbocycles. The topological polar surface area (TPSA) is 77.8 Å². The summed E-state index contributed by atoms with van der Waals surface area (Å²) in [6.07, 6.45) is 1.42. The quantitative estimate of drug-likeness (QED) is 0.302. The van der Waals surface area contributed by atoms with Gasteiger partial charge < -0.3 is 10.6 Å². The number of aryl methyl sites for hydroxylation is 2. The number of rotatable bonds is 5. The summed E-state index contributed by atoms with van der Waals surface area (Å²) in [7, 11) is 0. The third-order valence-corrected chi connectivity index (χ3v) is 5.88. The van der Waals surface area contributed by atoms with Gasteiger partial charge >= 0.3 is 0 Å². The van der Waals surface area contributed by atoms with Crippen LogP contribution >= 0.6 is 11.3 Å². The summed E-state index contributed by atoms with van der Waals surface area (Å²) in [5, 5.41) is 16.1. The molecule has 4 aromatic rings. The number of hydrogen-bond donors (Lipinski definition) is 2. The van der Waals surface area contributed by atoms with E-state index in [0.29, 0.717) is 5.69 Å². The van der Waals surface area contributed by atoms with Gasteiger partial charge in [0, 0.05) is 23.1 Å². The maximum absolute atomic E-state index is 12.4. The Labute approximate surface area is 184 Å². The van der Waals surface area contributed by atoms with Gasteiger partial charge in [0.1, 0.15) is 16.6 Å². The molecule has 2 N–H and O–H groups in total. The average Bonchev–Trinajstić information content (AvgIpc) is 3.19. The van der Waals surface area contributed by atoms with E-state index in [-0.39, 0.29) is 5.57 Å². The summed E-state index contributed by atoms with van der Waals surface area (Å²) in [5.41, 5.74) is 5.62. The van der Waals surface area contributed by atoms with Crippen LogP contribution in [0.3, 0.4) is 0 Å². The summed E-state index contributed by atoms with van der Waals surface area (Å²) in [6, 6.07) is 23.4. The van der Waals surface area contributed by atoms with Crippen LogP contribution in [0.2, 0.25) is 0 Å². The van der Waals surface area contributed by atoms with E-state index in [1.807, 2.05) is 61.5 Å². The van der Waals surface area contributed by atoms with E-state index < -0.39 is 5.91 Å². The Morgan fingerprint density at radius 2 is 1.84 bits per heavy atom. The highest BCUT2D eigenvalue weighted by molar-refractivity contribution is 7.21. The lowest BCUT2D eigenvalue weighted by Gasteiger charge is -2.08.